The van der Waals surface area contributed by atoms with Gasteiger partial charge in [-0.25, -0.2) is 0 Å². The molecule has 0 saturated heterocycles. The third kappa shape index (κ3) is 22.2. The highest BCUT2D eigenvalue weighted by molar-refractivity contribution is 5.79. The molecule has 1 atom stereocenters. The second-order valence-electron chi connectivity index (χ2n) is 9.90. The molecule has 4 heteroatoms. The van der Waals surface area contributed by atoms with Crippen LogP contribution < -0.4 is 0 Å². The van der Waals surface area contributed by atoms with E-state index in [0.29, 0.717) is 13.0 Å². The number of methoxy groups -OCH3 is 1. The van der Waals surface area contributed by atoms with Crippen molar-refractivity contribution in [1.82, 2.24) is 0 Å². The van der Waals surface area contributed by atoms with Crippen molar-refractivity contribution in [3.63, 3.8) is 0 Å². The number of carbonyl (C=O) groups is 1. The van der Waals surface area contributed by atoms with Gasteiger partial charge in [0.1, 0.15) is 6.61 Å². The van der Waals surface area contributed by atoms with Crippen molar-refractivity contribution in [3.8, 4) is 0 Å². The van der Waals surface area contributed by atoms with Gasteiger partial charge in [-0.3, -0.25) is 4.79 Å². The van der Waals surface area contributed by atoms with Gasteiger partial charge in [0, 0.05) is 20.0 Å². The van der Waals surface area contributed by atoms with Crippen molar-refractivity contribution in [2.75, 3.05) is 48.0 Å². The van der Waals surface area contributed by atoms with E-state index in [1.807, 2.05) is 0 Å². The average Bonchev–Trinajstić information content (AvgIpc) is 2.69. The van der Waals surface area contributed by atoms with Gasteiger partial charge in [-0.1, -0.05) is 84.0 Å². The zero-order chi connectivity index (χ0) is 22.5. The van der Waals surface area contributed by atoms with Crippen LogP contribution in [0.2, 0.25) is 0 Å². The molecule has 0 saturated carbocycles. The van der Waals surface area contributed by atoms with Crippen molar-refractivity contribution >= 4 is 5.78 Å². The lowest BCUT2D eigenvalue weighted by Gasteiger charge is -2.24. The molecule has 0 bridgehead atoms. The summed E-state index contributed by atoms with van der Waals surface area (Å²) in [5.41, 5.74) is 0. The normalized spacial score (nSPS) is 13.0. The van der Waals surface area contributed by atoms with Crippen LogP contribution in [-0.4, -0.2) is 64.4 Å². The van der Waals surface area contributed by atoms with Crippen LogP contribution in [-0.2, 0) is 14.3 Å². The lowest BCUT2D eigenvalue weighted by Crippen LogP contribution is -2.36. The summed E-state index contributed by atoms with van der Waals surface area (Å²) in [7, 11) is 8.22. The minimum atomic E-state index is 0.0423. The minimum absolute atomic E-state index is 0.0423. The van der Waals surface area contributed by atoms with Gasteiger partial charge >= 0.3 is 0 Å². The predicted molar refractivity (Wildman–Crippen MR) is 129 cm³/mol. The number of quaternary nitrogens is 1. The zero-order valence-corrected chi connectivity index (χ0v) is 21.1. The van der Waals surface area contributed by atoms with Gasteiger partial charge in [-0.2, -0.15) is 0 Å². The molecule has 0 aromatic rings. The van der Waals surface area contributed by atoms with Crippen molar-refractivity contribution < 1.29 is 18.8 Å². The summed E-state index contributed by atoms with van der Waals surface area (Å²) in [4.78, 5) is 12.0. The molecule has 0 heterocycles. The fraction of sp³-hybridized carbons (Fsp3) is 0.923. The fourth-order valence-electron chi connectivity index (χ4n) is 3.60. The summed E-state index contributed by atoms with van der Waals surface area (Å²) >= 11 is 0. The molecule has 0 amide bonds. The van der Waals surface area contributed by atoms with Crippen molar-refractivity contribution in [1.29, 1.82) is 0 Å². The number of Topliss-reactive ketones (excluding diaryl/α,β-unsaturated/α-hetero) is 1. The molecule has 1 radical (unpaired) electrons. The topological polar surface area (TPSA) is 35.5 Å². The molecular weight excluding hydrogens is 374 g/mol. The molecular formula is C26H53NO3+. The Morgan fingerprint density at radius 3 is 1.80 bits per heavy atom. The maximum Gasteiger partial charge on any atom is 0.158 e. The van der Waals surface area contributed by atoms with Crippen LogP contribution >= 0.6 is 0 Å². The molecule has 0 aromatic carbocycles. The molecule has 0 aromatic heterocycles. The van der Waals surface area contributed by atoms with Gasteiger partial charge in [0.15, 0.2) is 5.78 Å². The van der Waals surface area contributed by atoms with Crippen LogP contribution in [0.1, 0.15) is 103 Å². The number of ether oxygens (including phenoxy) is 2. The zero-order valence-electron chi connectivity index (χ0n) is 21.1. The smallest absolute Gasteiger partial charge is 0.158 e. The monoisotopic (exact) mass is 427 g/mol. The van der Waals surface area contributed by atoms with Crippen LogP contribution in [0.4, 0.5) is 0 Å². The number of unbranched alkanes of at least 4 members (excludes halogenated alkanes) is 12. The first kappa shape index (κ1) is 29.5. The number of rotatable bonds is 23. The highest BCUT2D eigenvalue weighted by Crippen LogP contribution is 2.13. The second kappa shape index (κ2) is 20.5. The van der Waals surface area contributed by atoms with Gasteiger partial charge < -0.3 is 14.0 Å². The van der Waals surface area contributed by atoms with Crippen LogP contribution in [0.25, 0.3) is 0 Å². The number of ketones is 1. The number of carbonyl (C=O) groups excluding carboxylic acids is 1. The molecule has 0 spiro atoms. The van der Waals surface area contributed by atoms with Gasteiger partial charge in [0.05, 0.1) is 40.4 Å². The Morgan fingerprint density at radius 2 is 1.33 bits per heavy atom. The van der Waals surface area contributed by atoms with E-state index in [4.69, 9.17) is 9.47 Å². The molecule has 0 N–H and O–H groups in total. The SMILES string of the molecule is CCCCCCCCCCCCCCCC(=O)COCC(C[CH]C[N+](C)(C)C)OC. The first-order chi connectivity index (χ1) is 14.4. The summed E-state index contributed by atoms with van der Waals surface area (Å²) in [6, 6.07) is 0. The Hall–Kier alpha value is -0.450. The van der Waals surface area contributed by atoms with E-state index in [2.05, 4.69) is 34.5 Å². The lowest BCUT2D eigenvalue weighted by molar-refractivity contribution is -0.866. The number of hydrogen-bond donors (Lipinski definition) is 0. The lowest BCUT2D eigenvalue weighted by atomic mass is 10.0. The van der Waals surface area contributed by atoms with Crippen molar-refractivity contribution in [3.05, 3.63) is 6.42 Å². The Kier molecular flexibility index (Phi) is 20.1. The van der Waals surface area contributed by atoms with Crippen molar-refractivity contribution in [2.24, 2.45) is 0 Å². The molecule has 4 nitrogen and oxygen atoms in total. The van der Waals surface area contributed by atoms with Crippen LogP contribution in [0.3, 0.4) is 0 Å². The Morgan fingerprint density at radius 1 is 0.833 bits per heavy atom. The fourth-order valence-corrected chi connectivity index (χ4v) is 3.60. The van der Waals surface area contributed by atoms with Gasteiger partial charge in [-0.15, -0.1) is 0 Å². The Labute approximate surface area is 188 Å². The highest BCUT2D eigenvalue weighted by atomic mass is 16.5. The summed E-state index contributed by atoms with van der Waals surface area (Å²) in [6.45, 7) is 4.00. The van der Waals surface area contributed by atoms with Crippen molar-refractivity contribution in [2.45, 2.75) is 109 Å². The van der Waals surface area contributed by atoms with Gasteiger partial charge in [-0.05, 0) is 12.8 Å². The molecule has 0 rings (SSSR count). The predicted octanol–water partition coefficient (Wildman–Crippen LogP) is 6.37. The average molecular weight is 428 g/mol. The van der Waals surface area contributed by atoms with Crippen LogP contribution in [0, 0.1) is 6.42 Å². The van der Waals surface area contributed by atoms with E-state index in [0.717, 1.165) is 23.9 Å². The van der Waals surface area contributed by atoms with E-state index in [1.165, 1.54) is 77.0 Å². The van der Waals surface area contributed by atoms with Gasteiger partial charge in [0.25, 0.3) is 0 Å². The molecule has 0 aliphatic carbocycles. The first-order valence-electron chi connectivity index (χ1n) is 12.6. The third-order valence-corrected chi connectivity index (χ3v) is 5.57. The Balaban J connectivity index is 3.42. The quantitative estimate of drug-likeness (QED) is 0.140. The molecule has 0 fully saturated rings. The molecule has 30 heavy (non-hydrogen) atoms. The van der Waals surface area contributed by atoms with Crippen LogP contribution in [0.5, 0.6) is 0 Å². The number of nitrogens with zero attached hydrogens (tertiary/aromatic N) is 1. The molecule has 0 aliphatic rings. The minimum Gasteiger partial charge on any atom is -0.379 e. The third-order valence-electron chi connectivity index (χ3n) is 5.57. The standard InChI is InChI=1S/C26H53NO3/c1-6-7-8-9-10-11-12-13-14-15-16-17-18-20-25(28)23-30-24-26(29-5)21-19-22-27(2,3)4/h19,26H,6-18,20-24H2,1-5H3/q+1. The van der Waals surface area contributed by atoms with E-state index in [-0.39, 0.29) is 18.5 Å². The van der Waals surface area contributed by atoms with E-state index < -0.39 is 0 Å². The van der Waals surface area contributed by atoms with E-state index in [1.54, 1.807) is 7.11 Å². The summed E-state index contributed by atoms with van der Waals surface area (Å²) in [6.07, 6.45) is 21.1. The molecule has 179 valence electrons. The highest BCUT2D eigenvalue weighted by Gasteiger charge is 2.13. The van der Waals surface area contributed by atoms with E-state index >= 15 is 0 Å². The number of hydrogen-bond acceptors (Lipinski definition) is 3. The summed E-state index contributed by atoms with van der Waals surface area (Å²) < 4.78 is 12.0. The largest absolute Gasteiger partial charge is 0.379 e. The molecule has 1 unspecified atom stereocenters. The molecule has 0 aliphatic heterocycles. The first-order valence-corrected chi connectivity index (χ1v) is 12.6. The van der Waals surface area contributed by atoms with Crippen LogP contribution in [0.15, 0.2) is 0 Å². The Bertz CT molecular complexity index is 379. The maximum absolute atomic E-state index is 12.0. The van der Waals surface area contributed by atoms with Gasteiger partial charge in [0.2, 0.25) is 0 Å². The summed E-state index contributed by atoms with van der Waals surface area (Å²) in [5.74, 6) is 0.225. The maximum atomic E-state index is 12.0. The van der Waals surface area contributed by atoms with E-state index in [9.17, 15) is 4.79 Å². The second-order valence-corrected chi connectivity index (χ2v) is 9.90. The summed E-state index contributed by atoms with van der Waals surface area (Å²) in [5, 5.41) is 0.